The Morgan fingerprint density at radius 1 is 0.514 bits per heavy atom. The first kappa shape index (κ1) is 67.2. The molecule has 3 unspecified atom stereocenters. The third-order valence-electron chi connectivity index (χ3n) is 12.1. The summed E-state index contributed by atoms with van der Waals surface area (Å²) in [4.78, 5) is 39.8. The fourth-order valence-corrected chi connectivity index (χ4v) is 8.39. The molecule has 9 nitrogen and oxygen atoms in total. The lowest BCUT2D eigenvalue weighted by Gasteiger charge is -2.30. The fraction of sp³-hybridized carbons (Fsp3) is 0.733. The van der Waals surface area contributed by atoms with Crippen LogP contribution in [0.4, 0.5) is 0 Å². The van der Waals surface area contributed by atoms with E-state index in [2.05, 4.69) is 99.0 Å². The maximum atomic E-state index is 13.5. The van der Waals surface area contributed by atoms with Crippen LogP contribution in [0, 0.1) is 0 Å². The minimum Gasteiger partial charge on any atom is -0.756 e. The summed E-state index contributed by atoms with van der Waals surface area (Å²) >= 11 is 0. The monoisotopic (exact) mass is 999 g/mol. The molecule has 10 heteroatoms. The Hall–Kier alpha value is -2.81. The van der Waals surface area contributed by atoms with Crippen molar-refractivity contribution < 1.29 is 37.3 Å². The van der Waals surface area contributed by atoms with Crippen LogP contribution in [-0.4, -0.2) is 69.4 Å². The van der Waals surface area contributed by atoms with E-state index >= 15 is 0 Å². The second kappa shape index (κ2) is 49.8. The number of nitrogens with one attached hydrogen (secondary N) is 1. The van der Waals surface area contributed by atoms with Crippen molar-refractivity contribution in [1.29, 1.82) is 0 Å². The molecule has 0 bridgehead atoms. The highest BCUT2D eigenvalue weighted by Gasteiger charge is 2.27. The summed E-state index contributed by atoms with van der Waals surface area (Å²) in [5.41, 5.74) is 0. The van der Waals surface area contributed by atoms with Crippen LogP contribution in [0.2, 0.25) is 0 Å². The molecular weight excluding hydrogens is 892 g/mol. The topological polar surface area (TPSA) is 114 Å². The number of phosphoric ester groups is 1. The number of unbranched alkanes of at least 4 members (excludes halogenated alkanes) is 22. The summed E-state index contributed by atoms with van der Waals surface area (Å²) in [5.74, 6) is -0.631. The Kier molecular flexibility index (Phi) is 47.8. The standard InChI is InChI=1S/C60H107N2O7P/c1-7-10-13-16-19-22-25-28-30-31-32-34-37-40-43-46-49-52-59(63)61-57(56-68-70(65,66)67-55-54-62(4,5)6)58(51-48-45-42-39-36-33-27-24-21-18-15-12-9-3)69-60(64)53-50-47-44-41-38-35-29-26-23-20-17-14-11-8-2/h10,13,19,22,28,30,32,34-35,38,40,43,48,51,57-58H,7-9,11-12,14-18,20-21,23-27,29,31,33,36-37,39,41-42,44-47,49-50,52-56H2,1-6H3,(H-,61,63,65,66)/b13-10-,22-19-,30-28-,34-32-,38-35-,43-40-,51-48+. The van der Waals surface area contributed by atoms with Crippen LogP contribution in [0.5, 0.6) is 0 Å². The van der Waals surface area contributed by atoms with E-state index in [0.29, 0.717) is 23.9 Å². The number of hydrogen-bond acceptors (Lipinski definition) is 7. The van der Waals surface area contributed by atoms with Gasteiger partial charge in [0.05, 0.1) is 33.8 Å². The molecular formula is C60H107N2O7P. The molecule has 0 aromatic heterocycles. The van der Waals surface area contributed by atoms with Gasteiger partial charge in [-0.15, -0.1) is 0 Å². The number of phosphoric acid groups is 1. The van der Waals surface area contributed by atoms with Crippen LogP contribution >= 0.6 is 7.82 Å². The van der Waals surface area contributed by atoms with Crippen LogP contribution in [-0.2, 0) is 27.9 Å². The second-order valence-corrected chi connectivity index (χ2v) is 21.5. The van der Waals surface area contributed by atoms with Gasteiger partial charge in [0.1, 0.15) is 19.3 Å². The van der Waals surface area contributed by atoms with Crippen molar-refractivity contribution >= 4 is 19.7 Å². The van der Waals surface area contributed by atoms with Crippen molar-refractivity contribution in [2.75, 3.05) is 40.9 Å². The van der Waals surface area contributed by atoms with Crippen LogP contribution < -0.4 is 10.2 Å². The molecule has 0 fully saturated rings. The average Bonchev–Trinajstić information content (AvgIpc) is 3.32. The molecule has 0 aliphatic carbocycles. The molecule has 0 rings (SSSR count). The maximum absolute atomic E-state index is 13.5. The van der Waals surface area contributed by atoms with Gasteiger partial charge in [-0.25, -0.2) is 0 Å². The second-order valence-electron chi connectivity index (χ2n) is 20.1. The van der Waals surface area contributed by atoms with Crippen molar-refractivity contribution in [3.8, 4) is 0 Å². The zero-order valence-corrected chi connectivity index (χ0v) is 46.8. The molecule has 0 saturated heterocycles. The number of carbonyl (C=O) groups is 2. The number of likely N-dealkylation sites (N-methyl/N-ethyl adjacent to an activating group) is 1. The Bertz CT molecular complexity index is 1480. The quantitative estimate of drug-likeness (QED) is 0.0212. The zero-order valence-electron chi connectivity index (χ0n) is 45.9. The summed E-state index contributed by atoms with van der Waals surface area (Å²) in [7, 11) is 1.13. The fourth-order valence-electron chi connectivity index (χ4n) is 7.67. The molecule has 0 aliphatic rings. The van der Waals surface area contributed by atoms with E-state index in [1.807, 2.05) is 33.3 Å². The van der Waals surface area contributed by atoms with Gasteiger partial charge in [0, 0.05) is 12.8 Å². The summed E-state index contributed by atoms with van der Waals surface area (Å²) in [6.45, 7) is 6.66. The maximum Gasteiger partial charge on any atom is 0.306 e. The van der Waals surface area contributed by atoms with Crippen LogP contribution in [0.1, 0.15) is 233 Å². The van der Waals surface area contributed by atoms with Crippen LogP contribution in [0.3, 0.4) is 0 Å². The molecule has 0 saturated carbocycles. The van der Waals surface area contributed by atoms with E-state index in [-0.39, 0.29) is 31.3 Å². The number of esters is 1. The van der Waals surface area contributed by atoms with Gasteiger partial charge < -0.3 is 28.5 Å². The van der Waals surface area contributed by atoms with Gasteiger partial charge in [-0.2, -0.15) is 0 Å². The number of allylic oxidation sites excluding steroid dienone is 13. The zero-order chi connectivity index (χ0) is 51.5. The molecule has 0 radical (unpaired) electrons. The number of rotatable bonds is 50. The molecule has 0 aliphatic heterocycles. The van der Waals surface area contributed by atoms with Gasteiger partial charge >= 0.3 is 5.97 Å². The van der Waals surface area contributed by atoms with Gasteiger partial charge in [0.25, 0.3) is 7.82 Å². The molecule has 0 aromatic carbocycles. The normalized spacial score (nSPS) is 14.4. The minimum atomic E-state index is -4.72. The average molecular weight is 999 g/mol. The van der Waals surface area contributed by atoms with E-state index in [1.165, 1.54) is 103 Å². The highest BCUT2D eigenvalue weighted by Crippen LogP contribution is 2.38. The number of carbonyl (C=O) groups excluding carboxylic acids is 2. The third-order valence-corrected chi connectivity index (χ3v) is 13.0. The first-order chi connectivity index (χ1) is 33.9. The SMILES string of the molecule is CC/C=C\C/C=C\C/C=C\C/C=C\C/C=C\CCCC(=O)NC(COP(=O)([O-])OCC[N+](C)(C)C)C(/C=C/CCCCCCCCCCCCC)OC(=O)CCCCC/C=C\CCCCCCCCC. The van der Waals surface area contributed by atoms with Crippen molar-refractivity contribution in [3.05, 3.63) is 85.1 Å². The highest BCUT2D eigenvalue weighted by atomic mass is 31.2. The predicted molar refractivity (Wildman–Crippen MR) is 298 cm³/mol. The van der Waals surface area contributed by atoms with Crippen LogP contribution in [0.15, 0.2) is 85.1 Å². The van der Waals surface area contributed by atoms with Crippen molar-refractivity contribution in [1.82, 2.24) is 5.32 Å². The molecule has 0 aromatic rings. The summed E-state index contributed by atoms with van der Waals surface area (Å²) < 4.78 is 30.2. The van der Waals surface area contributed by atoms with Gasteiger partial charge in [-0.3, -0.25) is 14.2 Å². The van der Waals surface area contributed by atoms with Gasteiger partial charge in [0.15, 0.2) is 0 Å². The smallest absolute Gasteiger partial charge is 0.306 e. The number of hydrogen-bond donors (Lipinski definition) is 1. The Labute approximate surface area is 431 Å². The molecule has 0 spiro atoms. The molecule has 1 amide bonds. The first-order valence-electron chi connectivity index (χ1n) is 28.4. The summed E-state index contributed by atoms with van der Waals surface area (Å²) in [5, 5.41) is 2.98. The molecule has 404 valence electrons. The molecule has 0 heterocycles. The predicted octanol–water partition coefficient (Wildman–Crippen LogP) is 16.4. The lowest BCUT2D eigenvalue weighted by atomic mass is 10.0. The third kappa shape index (κ3) is 50.1. The van der Waals surface area contributed by atoms with Crippen molar-refractivity contribution in [2.24, 2.45) is 0 Å². The lowest BCUT2D eigenvalue weighted by molar-refractivity contribution is -0.870. The van der Waals surface area contributed by atoms with E-state index in [4.69, 9.17) is 13.8 Å². The Morgan fingerprint density at radius 3 is 1.41 bits per heavy atom. The summed E-state index contributed by atoms with van der Waals surface area (Å²) in [6.07, 6.45) is 64.1. The minimum absolute atomic E-state index is 0.0383. The van der Waals surface area contributed by atoms with E-state index in [0.717, 1.165) is 83.5 Å². The summed E-state index contributed by atoms with van der Waals surface area (Å²) in [6, 6.07) is -0.926. The first-order valence-corrected chi connectivity index (χ1v) is 29.9. The van der Waals surface area contributed by atoms with Crippen molar-refractivity contribution in [2.45, 2.75) is 245 Å². The van der Waals surface area contributed by atoms with E-state index in [1.54, 1.807) is 0 Å². The van der Waals surface area contributed by atoms with Crippen molar-refractivity contribution in [3.63, 3.8) is 0 Å². The lowest BCUT2D eigenvalue weighted by Crippen LogP contribution is -2.47. The Morgan fingerprint density at radius 2 is 0.929 bits per heavy atom. The van der Waals surface area contributed by atoms with E-state index in [9.17, 15) is 19.0 Å². The molecule has 70 heavy (non-hydrogen) atoms. The van der Waals surface area contributed by atoms with Gasteiger partial charge in [-0.05, 0) is 96.0 Å². The Balaban J connectivity index is 5.51. The number of nitrogens with zero attached hydrogens (tertiary/aromatic N) is 1. The largest absolute Gasteiger partial charge is 0.756 e. The number of amides is 1. The van der Waals surface area contributed by atoms with Crippen LogP contribution in [0.25, 0.3) is 0 Å². The van der Waals surface area contributed by atoms with E-state index < -0.39 is 26.6 Å². The highest BCUT2D eigenvalue weighted by molar-refractivity contribution is 7.45. The van der Waals surface area contributed by atoms with Gasteiger partial charge in [0.2, 0.25) is 5.91 Å². The number of quaternary nitrogens is 1. The molecule has 3 atom stereocenters. The number of ether oxygens (including phenoxy) is 1. The van der Waals surface area contributed by atoms with Gasteiger partial charge in [-0.1, -0.05) is 209 Å². The molecule has 1 N–H and O–H groups in total.